The maximum Gasteiger partial charge on any atom is 0.306 e. The lowest BCUT2D eigenvalue weighted by molar-refractivity contribution is -0.193. The molecule has 6 fully saturated rings. The van der Waals surface area contributed by atoms with E-state index >= 15 is 0 Å². The van der Waals surface area contributed by atoms with Crippen molar-refractivity contribution in [1.29, 1.82) is 0 Å². The van der Waals surface area contributed by atoms with Gasteiger partial charge in [0.25, 0.3) is 0 Å². The average molecular weight is 882 g/mol. The number of aliphatic carboxylic acids is 1. The van der Waals surface area contributed by atoms with Crippen LogP contribution in [0.15, 0.2) is 35.4 Å². The van der Waals surface area contributed by atoms with Crippen molar-refractivity contribution in [3.8, 4) is 0 Å². The Morgan fingerprint density at radius 3 is 2.19 bits per heavy atom. The predicted octanol–water partition coefficient (Wildman–Crippen LogP) is 10.5. The van der Waals surface area contributed by atoms with Crippen LogP contribution in [0.25, 0.3) is 0 Å². The van der Waals surface area contributed by atoms with E-state index in [0.717, 1.165) is 56.9 Å². The molecule has 1 aliphatic heterocycles. The molecule has 0 spiro atoms. The lowest BCUT2D eigenvalue weighted by Gasteiger charge is -2.69. The monoisotopic (exact) mass is 882 g/mol. The number of amides is 2. The molecule has 9 heteroatoms. The fourth-order valence-electron chi connectivity index (χ4n) is 15.8. The molecule has 64 heavy (non-hydrogen) atoms. The summed E-state index contributed by atoms with van der Waals surface area (Å²) in [4.78, 5) is 66.2. The van der Waals surface area contributed by atoms with Crippen LogP contribution in [0.3, 0.4) is 0 Å². The predicted molar refractivity (Wildman–Crippen MR) is 254 cm³/mol. The van der Waals surface area contributed by atoms with Gasteiger partial charge >= 0.3 is 5.97 Å². The van der Waals surface area contributed by atoms with Crippen LogP contribution in [0.1, 0.15) is 164 Å². The second-order valence-corrected chi connectivity index (χ2v) is 24.2. The van der Waals surface area contributed by atoms with E-state index in [2.05, 4.69) is 88.3 Å². The van der Waals surface area contributed by atoms with Gasteiger partial charge in [-0.1, -0.05) is 71.7 Å². The van der Waals surface area contributed by atoms with Crippen molar-refractivity contribution in [1.82, 2.24) is 10.6 Å². The van der Waals surface area contributed by atoms with Crippen LogP contribution in [0, 0.1) is 81.8 Å². The van der Waals surface area contributed by atoms with Gasteiger partial charge in [-0.3, -0.25) is 24.0 Å². The van der Waals surface area contributed by atoms with Crippen LogP contribution in [0.2, 0.25) is 0 Å². The lowest BCUT2D eigenvalue weighted by atomic mass is 9.35. The molecule has 9 nitrogen and oxygen atoms in total. The van der Waals surface area contributed by atoms with Crippen molar-refractivity contribution in [2.45, 2.75) is 171 Å². The van der Waals surface area contributed by atoms with Gasteiger partial charge in [0, 0.05) is 55.9 Å². The van der Waals surface area contributed by atoms with Gasteiger partial charge in [0.2, 0.25) is 12.3 Å². The molecule has 0 radical (unpaired) electrons. The number of carbonyl (C=O) groups excluding carboxylic acids is 4. The Morgan fingerprint density at radius 2 is 1.56 bits per heavy atom. The summed E-state index contributed by atoms with van der Waals surface area (Å²) in [5.41, 5.74) is 4.46. The molecule has 7 aliphatic rings. The van der Waals surface area contributed by atoms with Crippen LogP contribution in [-0.4, -0.2) is 60.1 Å². The number of benzene rings is 1. The van der Waals surface area contributed by atoms with Crippen LogP contribution in [-0.2, 0) is 24.0 Å². The Labute approximate surface area is 385 Å². The Hall–Kier alpha value is -3.49. The van der Waals surface area contributed by atoms with E-state index in [0.29, 0.717) is 68.2 Å². The molecule has 0 bridgehead atoms. The second-order valence-electron chi connectivity index (χ2n) is 24.2. The van der Waals surface area contributed by atoms with Crippen molar-refractivity contribution < 1.29 is 29.1 Å². The molecule has 1 saturated heterocycles. The highest BCUT2D eigenvalue weighted by molar-refractivity contribution is 6.01. The largest absolute Gasteiger partial charge is 0.481 e. The van der Waals surface area contributed by atoms with Crippen LogP contribution in [0.5, 0.6) is 0 Å². The first-order valence-corrected chi connectivity index (χ1v) is 25.4. The number of Topliss-reactive ketones (excluding diaryl/α,β-unsaturated/α-hetero) is 2. The number of ketones is 2. The number of nitrogens with one attached hydrogen (secondary N) is 2. The Balaban J connectivity index is 0.000000401. The fraction of sp³-hybridized carbons (Fsp3) is 0.764. The van der Waals surface area contributed by atoms with E-state index in [9.17, 15) is 29.1 Å². The number of hydrogen-bond donors (Lipinski definition) is 3. The Morgan fingerprint density at radius 1 is 0.891 bits per heavy atom. The summed E-state index contributed by atoms with van der Waals surface area (Å²) < 4.78 is 0. The minimum atomic E-state index is -0.769. The summed E-state index contributed by atoms with van der Waals surface area (Å²) >= 11 is 0. The molecule has 6 aliphatic carbocycles. The van der Waals surface area contributed by atoms with E-state index in [-0.39, 0.29) is 57.4 Å². The second kappa shape index (κ2) is 18.3. The molecule has 0 aromatic heterocycles. The highest BCUT2D eigenvalue weighted by Gasteiger charge is 2.66. The number of allylic oxidation sites excluding steroid dienone is 2. The number of aryl methyl sites for hydroxylation is 1. The molecule has 3 N–H and O–H groups in total. The van der Waals surface area contributed by atoms with Crippen molar-refractivity contribution in [2.24, 2.45) is 74.9 Å². The van der Waals surface area contributed by atoms with Gasteiger partial charge in [-0.2, -0.15) is 0 Å². The number of fused-ring (bicyclic) bond motifs is 7. The van der Waals surface area contributed by atoms with Gasteiger partial charge in [-0.15, -0.1) is 0 Å². The first-order valence-electron chi connectivity index (χ1n) is 25.4. The molecule has 5 saturated carbocycles. The van der Waals surface area contributed by atoms with Gasteiger partial charge in [0.05, 0.1) is 11.5 Å². The van der Waals surface area contributed by atoms with Crippen LogP contribution in [0.4, 0.5) is 5.69 Å². The summed E-state index contributed by atoms with van der Waals surface area (Å²) in [7, 11) is 0. The zero-order chi connectivity index (χ0) is 46.6. The molecule has 11 unspecified atom stereocenters. The Bertz CT molecular complexity index is 1960. The zero-order valence-electron chi connectivity index (χ0n) is 41.2. The van der Waals surface area contributed by atoms with Gasteiger partial charge in [0.15, 0.2) is 5.78 Å². The number of carboxylic acids is 1. The number of anilines is 1. The molecule has 1 heterocycles. The minimum absolute atomic E-state index is 0.0239. The quantitative estimate of drug-likeness (QED) is 0.178. The first-order chi connectivity index (χ1) is 30.1. The first kappa shape index (κ1) is 48.4. The number of carboxylic acid groups (broad SMARTS) is 1. The standard InChI is InChI=1S/C43H66N2O6.C12H17N/c1-24(2)36-32(48)20-43(21-35(49)44-22-39(4,5)45-23-46)17-13-30-27(37(36)43)10-11-34-41(30,8)16-14-33-40(6,7)26(12-15-42(33,34)9)18-31(47)28-19-29(25(28)3)38(50)51;1-11-5-7-12(8-6-11)13-9-3-2-4-10-13/h23-30,33-34H,10-22H2,1-9H3,(H,44,49)(H,45,46)(H,50,51);5-8H,2-4,9-10H2,1H3. The molecule has 2 amide bonds. The summed E-state index contributed by atoms with van der Waals surface area (Å²) in [6, 6.07) is 8.87. The maximum absolute atomic E-state index is 13.9. The molecule has 1 aromatic rings. The normalized spacial score (nSPS) is 36.5. The highest BCUT2D eigenvalue weighted by Crippen LogP contribution is 2.74. The van der Waals surface area contributed by atoms with E-state index in [1.807, 2.05) is 20.8 Å². The molecule has 11 atom stereocenters. The van der Waals surface area contributed by atoms with Crippen LogP contribution < -0.4 is 15.5 Å². The summed E-state index contributed by atoms with van der Waals surface area (Å²) in [5, 5.41) is 15.4. The maximum atomic E-state index is 13.9. The fourth-order valence-corrected chi connectivity index (χ4v) is 15.8. The third-order valence-corrected chi connectivity index (χ3v) is 19.4. The highest BCUT2D eigenvalue weighted by atomic mass is 16.4. The van der Waals surface area contributed by atoms with Gasteiger partial charge < -0.3 is 20.6 Å². The molecular formula is C55H83N3O6. The molecule has 8 rings (SSSR count). The topological polar surface area (TPSA) is 133 Å². The summed E-state index contributed by atoms with van der Waals surface area (Å²) in [5.74, 6) is 1.52. The number of nitrogens with zero attached hydrogens (tertiary/aromatic N) is 1. The van der Waals surface area contributed by atoms with E-state index in [4.69, 9.17) is 0 Å². The number of rotatable bonds is 12. The minimum Gasteiger partial charge on any atom is -0.481 e. The van der Waals surface area contributed by atoms with E-state index < -0.39 is 16.9 Å². The third-order valence-electron chi connectivity index (χ3n) is 19.4. The van der Waals surface area contributed by atoms with Crippen molar-refractivity contribution in [3.63, 3.8) is 0 Å². The Kier molecular flexibility index (Phi) is 13.9. The number of piperidine rings is 1. The summed E-state index contributed by atoms with van der Waals surface area (Å²) in [6.07, 6.45) is 15.2. The third kappa shape index (κ3) is 8.89. The summed E-state index contributed by atoms with van der Waals surface area (Å²) in [6.45, 7) is 25.0. The number of carbonyl (C=O) groups is 5. The van der Waals surface area contributed by atoms with Crippen LogP contribution >= 0.6 is 0 Å². The molecule has 1 aromatic carbocycles. The van der Waals surface area contributed by atoms with E-state index in [1.54, 1.807) is 0 Å². The zero-order valence-corrected chi connectivity index (χ0v) is 41.2. The van der Waals surface area contributed by atoms with Crippen molar-refractivity contribution >= 4 is 35.5 Å². The van der Waals surface area contributed by atoms with E-state index in [1.165, 1.54) is 49.2 Å². The van der Waals surface area contributed by atoms with Crippen molar-refractivity contribution in [3.05, 3.63) is 41.0 Å². The molecular weight excluding hydrogens is 799 g/mol. The van der Waals surface area contributed by atoms with Gasteiger partial charge in [-0.05, 0) is 173 Å². The van der Waals surface area contributed by atoms with Crippen molar-refractivity contribution in [2.75, 3.05) is 24.5 Å². The number of hydrogen-bond acceptors (Lipinski definition) is 6. The van der Waals surface area contributed by atoms with Gasteiger partial charge in [0.1, 0.15) is 5.78 Å². The average Bonchev–Trinajstić information content (AvgIpc) is 3.53. The van der Waals surface area contributed by atoms with Gasteiger partial charge in [-0.25, -0.2) is 0 Å². The smallest absolute Gasteiger partial charge is 0.306 e. The SMILES string of the molecule is CC(C)C1=C2C3CCC4C(C)(CCC5C(C)(C)C(CC(=O)C6CC(C(=O)O)C6C)CCC54C)C3CCC2(CC(=O)NCC(C)(C)NC=O)CC1=O.Cc1ccc(N2CCCCC2)cc1. The molecule has 354 valence electrons. The lowest BCUT2D eigenvalue weighted by Crippen LogP contribution is -2.62.